The minimum Gasteiger partial charge on any atom is -0.493 e. The predicted molar refractivity (Wildman–Crippen MR) is 141 cm³/mol. The molecule has 13 heteroatoms. The molecule has 10 nitrogen and oxygen atoms in total. The van der Waals surface area contributed by atoms with Crippen molar-refractivity contribution in [2.75, 3.05) is 30.6 Å². The lowest BCUT2D eigenvalue weighted by molar-refractivity contribution is -0.137. The number of aliphatic hydroxyl groups excluding tert-OH is 1. The molecule has 1 fully saturated rings. The highest BCUT2D eigenvalue weighted by Crippen LogP contribution is 2.40. The number of aliphatic hydroxyl groups is 1. The van der Waals surface area contributed by atoms with Gasteiger partial charge in [0.1, 0.15) is 18.0 Å². The molecule has 0 bridgehead atoms. The van der Waals surface area contributed by atoms with Crippen LogP contribution in [0.25, 0.3) is 10.9 Å². The van der Waals surface area contributed by atoms with Crippen LogP contribution in [0.1, 0.15) is 24.2 Å². The number of fused-ring (bicyclic) bond motifs is 1. The fraction of sp³-hybridized carbons (Fsp3) is 0.214. The Bertz CT molecular complexity index is 1660. The van der Waals surface area contributed by atoms with Gasteiger partial charge in [0.15, 0.2) is 11.5 Å². The lowest BCUT2D eigenvalue weighted by atomic mass is 10.1. The summed E-state index contributed by atoms with van der Waals surface area (Å²) in [7, 11) is 3.00. The number of alkyl halides is 3. The van der Waals surface area contributed by atoms with E-state index < -0.39 is 36.3 Å². The average Bonchev–Trinajstić information content (AvgIpc) is 3.25. The number of amides is 3. The smallest absolute Gasteiger partial charge is 0.417 e. The van der Waals surface area contributed by atoms with Crippen LogP contribution < -0.4 is 24.0 Å². The van der Waals surface area contributed by atoms with E-state index >= 15 is 0 Å². The van der Waals surface area contributed by atoms with Crippen LogP contribution in [-0.2, 0) is 11.0 Å². The van der Waals surface area contributed by atoms with Gasteiger partial charge in [0, 0.05) is 29.4 Å². The maximum Gasteiger partial charge on any atom is 0.417 e. The fourth-order valence-electron chi connectivity index (χ4n) is 4.44. The molecule has 1 aliphatic heterocycles. The van der Waals surface area contributed by atoms with E-state index in [0.29, 0.717) is 34.3 Å². The number of anilines is 2. The van der Waals surface area contributed by atoms with Crippen molar-refractivity contribution in [3.63, 3.8) is 0 Å². The lowest BCUT2D eigenvalue weighted by Crippen LogP contribution is -2.33. The van der Waals surface area contributed by atoms with Gasteiger partial charge in [0.2, 0.25) is 0 Å². The molecule has 1 aliphatic rings. The minimum atomic E-state index is -4.67. The van der Waals surface area contributed by atoms with E-state index in [1.165, 1.54) is 39.3 Å². The number of urea groups is 1. The highest BCUT2D eigenvalue weighted by atomic mass is 19.4. The summed E-state index contributed by atoms with van der Waals surface area (Å²) >= 11 is 0. The maximum atomic E-state index is 13.2. The quantitative estimate of drug-likeness (QED) is 0.292. The first kappa shape index (κ1) is 27.6. The Balaban J connectivity index is 1.48. The average molecular weight is 569 g/mol. The Kier molecular flexibility index (Phi) is 7.13. The molecule has 1 atom stereocenters. The van der Waals surface area contributed by atoms with Gasteiger partial charge >= 0.3 is 12.2 Å². The number of hydrogen-bond donors (Lipinski definition) is 1. The molecule has 3 heterocycles. The first-order chi connectivity index (χ1) is 19.5. The highest BCUT2D eigenvalue weighted by Gasteiger charge is 2.40. The van der Waals surface area contributed by atoms with Crippen molar-refractivity contribution < 1.29 is 42.1 Å². The molecule has 5 rings (SSSR count). The monoisotopic (exact) mass is 568 g/mol. The van der Waals surface area contributed by atoms with E-state index in [2.05, 4.69) is 9.97 Å². The number of hydrogen-bond acceptors (Lipinski definition) is 8. The Labute approximate surface area is 231 Å². The topological polar surface area (TPSA) is 114 Å². The molecule has 2 aromatic heterocycles. The second-order valence-electron chi connectivity index (χ2n) is 9.06. The largest absolute Gasteiger partial charge is 0.493 e. The van der Waals surface area contributed by atoms with Gasteiger partial charge in [-0.1, -0.05) is 0 Å². The molecule has 0 aliphatic carbocycles. The van der Waals surface area contributed by atoms with Crippen molar-refractivity contribution in [3.8, 4) is 23.0 Å². The zero-order valence-electron chi connectivity index (χ0n) is 22.0. The Morgan fingerprint density at radius 2 is 1.66 bits per heavy atom. The van der Waals surface area contributed by atoms with Gasteiger partial charge in [-0.25, -0.2) is 9.69 Å². The summed E-state index contributed by atoms with van der Waals surface area (Å²) in [4.78, 5) is 35.7. The molecule has 0 spiro atoms. The molecule has 1 unspecified atom stereocenters. The summed E-state index contributed by atoms with van der Waals surface area (Å²) in [6, 6.07) is 9.25. The molecular formula is C28H23F3N4O6. The van der Waals surface area contributed by atoms with Gasteiger partial charge in [0.05, 0.1) is 49.0 Å². The van der Waals surface area contributed by atoms with Crippen molar-refractivity contribution in [1.29, 1.82) is 0 Å². The Hall–Kier alpha value is -4.91. The normalized spacial score (nSPS) is 14.5. The third-order valence-corrected chi connectivity index (χ3v) is 6.46. The van der Waals surface area contributed by atoms with Crippen molar-refractivity contribution >= 4 is 34.2 Å². The van der Waals surface area contributed by atoms with Gasteiger partial charge in [-0.05, 0) is 43.3 Å². The van der Waals surface area contributed by atoms with Crippen molar-refractivity contribution in [3.05, 3.63) is 72.2 Å². The summed E-state index contributed by atoms with van der Waals surface area (Å²) in [6.45, 7) is 0.997. The van der Waals surface area contributed by atoms with Crippen LogP contribution >= 0.6 is 0 Å². The maximum absolute atomic E-state index is 13.2. The van der Waals surface area contributed by atoms with E-state index in [1.807, 2.05) is 0 Å². The highest BCUT2D eigenvalue weighted by molar-refractivity contribution is 6.27. The van der Waals surface area contributed by atoms with E-state index in [4.69, 9.17) is 14.2 Å². The summed E-state index contributed by atoms with van der Waals surface area (Å²) in [5.74, 6) is 0.897. The molecule has 4 aromatic rings. The number of halogens is 3. The molecule has 0 radical (unpaired) electrons. The van der Waals surface area contributed by atoms with E-state index in [-0.39, 0.29) is 22.7 Å². The number of methoxy groups -OCH3 is 2. The first-order valence-corrected chi connectivity index (χ1v) is 12.2. The Morgan fingerprint density at radius 1 is 0.927 bits per heavy atom. The molecule has 0 saturated carbocycles. The number of aromatic nitrogens is 2. The zero-order valence-corrected chi connectivity index (χ0v) is 22.0. The summed E-state index contributed by atoms with van der Waals surface area (Å²) in [6.07, 6.45) is -2.50. The SMILES string of the molecule is COc1cc2nccc(Oc3ccc(N4C(=O)CN(c5cncc(C(F)(F)F)c5)C4=O)cc3C(C)O)c2cc1OC. The molecule has 1 N–H and O–H groups in total. The number of carbonyl (C=O) groups is 2. The van der Waals surface area contributed by atoms with Crippen molar-refractivity contribution in [2.45, 2.75) is 19.2 Å². The fourth-order valence-corrected chi connectivity index (χ4v) is 4.44. The minimum absolute atomic E-state index is 0.108. The molecule has 1 saturated heterocycles. The first-order valence-electron chi connectivity index (χ1n) is 12.2. The Morgan fingerprint density at radius 3 is 2.34 bits per heavy atom. The van der Waals surface area contributed by atoms with Crippen LogP contribution in [-0.4, -0.2) is 47.8 Å². The van der Waals surface area contributed by atoms with Gasteiger partial charge < -0.3 is 19.3 Å². The van der Waals surface area contributed by atoms with Gasteiger partial charge in [-0.3, -0.25) is 19.7 Å². The van der Waals surface area contributed by atoms with Crippen LogP contribution in [0.3, 0.4) is 0 Å². The second-order valence-corrected chi connectivity index (χ2v) is 9.06. The van der Waals surface area contributed by atoms with Crippen molar-refractivity contribution in [1.82, 2.24) is 9.97 Å². The van der Waals surface area contributed by atoms with E-state index in [9.17, 15) is 27.9 Å². The standard InChI is InChI=1S/C28H23F3N4O6/c1-15(36)19-9-17(35-26(37)14-34(27(35)38)18-8-16(12-32-13-18)28(29,30)31)4-5-22(19)41-23-6-7-33-21-11-25(40-3)24(39-2)10-20(21)23/h4-13,15,36H,14H2,1-3H3. The van der Waals surface area contributed by atoms with Gasteiger partial charge in [-0.2, -0.15) is 13.2 Å². The van der Waals surface area contributed by atoms with Crippen molar-refractivity contribution in [2.24, 2.45) is 0 Å². The number of nitrogens with zero attached hydrogens (tertiary/aromatic N) is 4. The predicted octanol–water partition coefficient (Wildman–Crippen LogP) is 5.48. The molecule has 41 heavy (non-hydrogen) atoms. The zero-order chi connectivity index (χ0) is 29.5. The van der Waals surface area contributed by atoms with E-state index in [0.717, 1.165) is 22.1 Å². The third kappa shape index (κ3) is 5.18. The summed E-state index contributed by atoms with van der Waals surface area (Å²) in [5.41, 5.74) is -0.295. The van der Waals surface area contributed by atoms with Gasteiger partial charge in [0.25, 0.3) is 5.91 Å². The molecule has 212 valence electrons. The third-order valence-electron chi connectivity index (χ3n) is 6.46. The molecule has 3 amide bonds. The van der Waals surface area contributed by atoms with Crippen LogP contribution in [0.5, 0.6) is 23.0 Å². The number of pyridine rings is 2. The number of rotatable bonds is 7. The van der Waals surface area contributed by atoms with E-state index in [1.54, 1.807) is 24.4 Å². The summed E-state index contributed by atoms with van der Waals surface area (Å²) < 4.78 is 56.4. The second kappa shape index (κ2) is 10.6. The number of ether oxygens (including phenoxy) is 3. The number of benzene rings is 2. The van der Waals surface area contributed by atoms with Crippen LogP contribution in [0.15, 0.2) is 61.1 Å². The molecule has 2 aromatic carbocycles. The summed E-state index contributed by atoms with van der Waals surface area (Å²) in [5, 5.41) is 11.1. The number of carbonyl (C=O) groups excluding carboxylic acids is 2. The van der Waals surface area contributed by atoms with Crippen LogP contribution in [0.4, 0.5) is 29.3 Å². The van der Waals surface area contributed by atoms with Crippen LogP contribution in [0, 0.1) is 0 Å². The lowest BCUT2D eigenvalue weighted by Gasteiger charge is -2.20. The van der Waals surface area contributed by atoms with Crippen LogP contribution in [0.2, 0.25) is 0 Å². The molecular weight excluding hydrogens is 545 g/mol. The van der Waals surface area contributed by atoms with Gasteiger partial charge in [-0.15, -0.1) is 0 Å². The number of imide groups is 1.